The molecule has 1 nitrogen and oxygen atoms in total. The van der Waals surface area contributed by atoms with Gasteiger partial charge in [0.05, 0.1) is 0 Å². The summed E-state index contributed by atoms with van der Waals surface area (Å²) in [5.41, 5.74) is 6.50. The molecule has 0 aromatic heterocycles. The van der Waals surface area contributed by atoms with Gasteiger partial charge in [0.1, 0.15) is 0 Å². The van der Waals surface area contributed by atoms with Crippen molar-refractivity contribution >= 4 is 11.6 Å². The van der Waals surface area contributed by atoms with Gasteiger partial charge in [0.15, 0.2) is 0 Å². The summed E-state index contributed by atoms with van der Waals surface area (Å²) in [6.45, 7) is 5.57. The maximum atomic E-state index is 6.47. The van der Waals surface area contributed by atoms with E-state index in [-0.39, 0.29) is 0 Å². The van der Waals surface area contributed by atoms with Crippen LogP contribution in [0.1, 0.15) is 39.5 Å². The quantitative estimate of drug-likeness (QED) is 0.684. The lowest BCUT2D eigenvalue weighted by Gasteiger charge is -2.40. The molecule has 2 bridgehead atoms. The number of alkyl halides is 1. The van der Waals surface area contributed by atoms with Gasteiger partial charge in [-0.15, -0.1) is 11.6 Å². The average Bonchev–Trinajstić information content (AvgIpc) is 2.38. The zero-order valence-corrected chi connectivity index (χ0v) is 9.40. The zero-order chi connectivity index (χ0) is 9.69. The lowest BCUT2D eigenvalue weighted by Crippen LogP contribution is -2.38. The summed E-state index contributed by atoms with van der Waals surface area (Å²) in [5.74, 6) is 0.849. The zero-order valence-electron chi connectivity index (χ0n) is 8.65. The SMILES string of the molecule is CC1(C)[C@H]2CC[C@]1(CCN)[C@H](Cl)C2. The maximum absolute atomic E-state index is 6.47. The van der Waals surface area contributed by atoms with Crippen LogP contribution in [0.15, 0.2) is 0 Å². The molecule has 0 amide bonds. The molecule has 13 heavy (non-hydrogen) atoms. The molecule has 0 aliphatic heterocycles. The molecule has 0 saturated heterocycles. The molecule has 2 saturated carbocycles. The molecular formula is C11H20ClN. The second-order valence-electron chi connectivity index (χ2n) is 5.36. The molecule has 0 unspecified atom stereocenters. The smallest absolute Gasteiger partial charge is 0.0400 e. The van der Waals surface area contributed by atoms with E-state index in [1.54, 1.807) is 0 Å². The van der Waals surface area contributed by atoms with Crippen LogP contribution in [0, 0.1) is 16.7 Å². The molecule has 2 rings (SSSR count). The van der Waals surface area contributed by atoms with Gasteiger partial charge in [-0.05, 0) is 49.0 Å². The summed E-state index contributed by atoms with van der Waals surface area (Å²) in [6, 6.07) is 0. The van der Waals surface area contributed by atoms with Crippen molar-refractivity contribution in [3.63, 3.8) is 0 Å². The van der Waals surface area contributed by atoms with E-state index in [1.165, 1.54) is 19.3 Å². The average molecular weight is 202 g/mol. The Morgan fingerprint density at radius 1 is 1.46 bits per heavy atom. The van der Waals surface area contributed by atoms with Gasteiger partial charge in [0, 0.05) is 5.38 Å². The van der Waals surface area contributed by atoms with E-state index in [4.69, 9.17) is 17.3 Å². The van der Waals surface area contributed by atoms with Gasteiger partial charge in [-0.25, -0.2) is 0 Å². The van der Waals surface area contributed by atoms with Crippen LogP contribution in [-0.2, 0) is 0 Å². The highest BCUT2D eigenvalue weighted by Crippen LogP contribution is 2.68. The summed E-state index contributed by atoms with van der Waals surface area (Å²) in [5, 5.41) is 0.379. The molecule has 0 spiro atoms. The van der Waals surface area contributed by atoms with E-state index in [9.17, 15) is 0 Å². The number of fused-ring (bicyclic) bond motifs is 2. The van der Waals surface area contributed by atoms with Crippen molar-refractivity contribution in [3.05, 3.63) is 0 Å². The van der Waals surface area contributed by atoms with E-state index in [1.807, 2.05) is 0 Å². The number of hydrogen-bond acceptors (Lipinski definition) is 1. The monoisotopic (exact) mass is 201 g/mol. The Morgan fingerprint density at radius 3 is 2.54 bits per heavy atom. The van der Waals surface area contributed by atoms with E-state index in [2.05, 4.69) is 13.8 Å². The van der Waals surface area contributed by atoms with E-state index in [0.717, 1.165) is 18.9 Å². The molecule has 2 aliphatic carbocycles. The topological polar surface area (TPSA) is 26.0 Å². The predicted molar refractivity (Wildman–Crippen MR) is 56.9 cm³/mol. The molecule has 2 fully saturated rings. The summed E-state index contributed by atoms with van der Waals surface area (Å²) < 4.78 is 0. The molecule has 2 N–H and O–H groups in total. The van der Waals surface area contributed by atoms with E-state index in [0.29, 0.717) is 16.2 Å². The van der Waals surface area contributed by atoms with Gasteiger partial charge in [0.2, 0.25) is 0 Å². The second kappa shape index (κ2) is 2.87. The van der Waals surface area contributed by atoms with E-state index >= 15 is 0 Å². The van der Waals surface area contributed by atoms with Crippen molar-refractivity contribution in [3.8, 4) is 0 Å². The maximum Gasteiger partial charge on any atom is 0.0400 e. The first-order chi connectivity index (χ1) is 6.04. The minimum Gasteiger partial charge on any atom is -0.330 e. The second-order valence-corrected chi connectivity index (χ2v) is 5.88. The highest BCUT2D eigenvalue weighted by Gasteiger charge is 2.62. The molecule has 0 aromatic rings. The van der Waals surface area contributed by atoms with Crippen molar-refractivity contribution in [2.75, 3.05) is 6.54 Å². The minimum absolute atomic E-state index is 0.355. The number of rotatable bonds is 2. The fraction of sp³-hybridized carbons (Fsp3) is 1.00. The van der Waals surface area contributed by atoms with Crippen LogP contribution in [0.4, 0.5) is 0 Å². The highest BCUT2D eigenvalue weighted by molar-refractivity contribution is 6.21. The van der Waals surface area contributed by atoms with Crippen LogP contribution in [0.2, 0.25) is 0 Å². The Kier molecular flexibility index (Phi) is 2.16. The summed E-state index contributed by atoms with van der Waals surface area (Å²) in [7, 11) is 0. The molecule has 76 valence electrons. The Hall–Kier alpha value is 0.250. The Labute approximate surface area is 86.0 Å². The van der Waals surface area contributed by atoms with Crippen molar-refractivity contribution in [1.82, 2.24) is 0 Å². The van der Waals surface area contributed by atoms with Gasteiger partial charge in [-0.2, -0.15) is 0 Å². The molecular weight excluding hydrogens is 182 g/mol. The molecule has 2 heteroatoms. The van der Waals surface area contributed by atoms with Gasteiger partial charge in [0.25, 0.3) is 0 Å². The summed E-state index contributed by atoms with van der Waals surface area (Å²) >= 11 is 6.47. The first-order valence-electron chi connectivity index (χ1n) is 5.39. The van der Waals surface area contributed by atoms with Crippen LogP contribution >= 0.6 is 11.6 Å². The largest absolute Gasteiger partial charge is 0.330 e. The molecule has 0 heterocycles. The Bertz CT molecular complexity index is 214. The Balaban J connectivity index is 2.31. The van der Waals surface area contributed by atoms with Gasteiger partial charge in [-0.1, -0.05) is 13.8 Å². The third-order valence-corrected chi connectivity index (χ3v) is 5.52. The first-order valence-corrected chi connectivity index (χ1v) is 5.82. The van der Waals surface area contributed by atoms with Crippen molar-refractivity contribution in [1.29, 1.82) is 0 Å². The minimum atomic E-state index is 0.355. The molecule has 0 radical (unpaired) electrons. The van der Waals surface area contributed by atoms with Crippen LogP contribution < -0.4 is 5.73 Å². The predicted octanol–water partition coefficient (Wildman–Crippen LogP) is 2.77. The van der Waals surface area contributed by atoms with Crippen molar-refractivity contribution < 1.29 is 0 Å². The standard InChI is InChI=1S/C11H20ClN/c1-10(2)8-3-4-11(10,5-6-13)9(12)7-8/h8-9H,3-7,13H2,1-2H3/t8-,9+,11-/m0/s1. The van der Waals surface area contributed by atoms with Crippen LogP contribution in [-0.4, -0.2) is 11.9 Å². The lowest BCUT2D eigenvalue weighted by atomic mass is 9.67. The number of hydrogen-bond donors (Lipinski definition) is 1. The molecule has 3 atom stereocenters. The van der Waals surface area contributed by atoms with Gasteiger partial charge in [-0.3, -0.25) is 0 Å². The highest BCUT2D eigenvalue weighted by atomic mass is 35.5. The van der Waals surface area contributed by atoms with Crippen LogP contribution in [0.25, 0.3) is 0 Å². The molecule has 0 aromatic carbocycles. The number of halogens is 1. The van der Waals surface area contributed by atoms with Crippen LogP contribution in [0.5, 0.6) is 0 Å². The van der Waals surface area contributed by atoms with Crippen molar-refractivity contribution in [2.45, 2.75) is 44.9 Å². The fourth-order valence-corrected chi connectivity index (χ4v) is 4.55. The van der Waals surface area contributed by atoms with Crippen LogP contribution in [0.3, 0.4) is 0 Å². The third kappa shape index (κ3) is 1.04. The third-order valence-electron chi connectivity index (χ3n) is 4.92. The summed E-state index contributed by atoms with van der Waals surface area (Å²) in [6.07, 6.45) is 5.01. The molecule has 2 aliphatic rings. The first kappa shape index (κ1) is 9.79. The fourth-order valence-electron chi connectivity index (χ4n) is 3.83. The van der Waals surface area contributed by atoms with E-state index < -0.39 is 0 Å². The van der Waals surface area contributed by atoms with Gasteiger partial charge >= 0.3 is 0 Å². The summed E-state index contributed by atoms with van der Waals surface area (Å²) in [4.78, 5) is 0. The lowest BCUT2D eigenvalue weighted by molar-refractivity contribution is 0.122. The normalized spacial score (nSPS) is 47.1. The Morgan fingerprint density at radius 2 is 2.15 bits per heavy atom. The van der Waals surface area contributed by atoms with Gasteiger partial charge < -0.3 is 5.73 Å². The van der Waals surface area contributed by atoms with Crippen molar-refractivity contribution in [2.24, 2.45) is 22.5 Å². The number of nitrogens with two attached hydrogens (primary N) is 1.